The van der Waals surface area contributed by atoms with Crippen LogP contribution in [0.25, 0.3) is 0 Å². The molecule has 7 nitrogen and oxygen atoms in total. The highest BCUT2D eigenvalue weighted by Crippen LogP contribution is 2.10. The van der Waals surface area contributed by atoms with E-state index in [-0.39, 0.29) is 12.6 Å². The lowest BCUT2D eigenvalue weighted by molar-refractivity contribution is -0.147. The molecule has 1 unspecified atom stereocenters. The van der Waals surface area contributed by atoms with Crippen LogP contribution in [-0.2, 0) is 9.53 Å². The van der Waals surface area contributed by atoms with Crippen LogP contribution in [0.15, 0.2) is 12.4 Å². The van der Waals surface area contributed by atoms with Crippen molar-refractivity contribution in [3.05, 3.63) is 12.4 Å². The Bertz CT molecular complexity index is 398. The zero-order valence-corrected chi connectivity index (χ0v) is 10.6. The average molecular weight is 255 g/mol. The van der Waals surface area contributed by atoms with Crippen molar-refractivity contribution in [3.63, 3.8) is 0 Å². The maximum absolute atomic E-state index is 10.7. The number of aromatic nitrogens is 2. The van der Waals surface area contributed by atoms with E-state index >= 15 is 0 Å². The molecule has 1 heterocycles. The minimum absolute atomic E-state index is 0.000271. The highest BCUT2D eigenvalue weighted by molar-refractivity contribution is 5.73. The van der Waals surface area contributed by atoms with E-state index in [1.165, 1.54) is 19.5 Å². The van der Waals surface area contributed by atoms with Crippen LogP contribution in [-0.4, -0.2) is 46.9 Å². The fourth-order valence-electron chi connectivity index (χ4n) is 1.20. The number of nitrogens with one attached hydrogen (secondary N) is 1. The summed E-state index contributed by atoms with van der Waals surface area (Å²) in [5, 5.41) is 11.6. The lowest BCUT2D eigenvalue weighted by atomic mass is 10.3. The van der Waals surface area contributed by atoms with Crippen LogP contribution in [0.1, 0.15) is 13.8 Å². The van der Waals surface area contributed by atoms with E-state index in [2.05, 4.69) is 15.3 Å². The van der Waals surface area contributed by atoms with E-state index < -0.39 is 12.1 Å². The molecule has 0 aromatic carbocycles. The van der Waals surface area contributed by atoms with Crippen LogP contribution in [0.5, 0.6) is 5.88 Å². The van der Waals surface area contributed by atoms with Gasteiger partial charge in [0.05, 0.1) is 25.0 Å². The molecule has 0 radical (unpaired) electrons. The SMILES string of the molecule is COC(CNc1cncc(OC(C)C)n1)C(=O)O. The van der Waals surface area contributed by atoms with Crippen molar-refractivity contribution < 1.29 is 19.4 Å². The predicted molar refractivity (Wildman–Crippen MR) is 64.7 cm³/mol. The molecule has 0 saturated carbocycles. The van der Waals surface area contributed by atoms with E-state index in [1.807, 2.05) is 13.8 Å². The second-order valence-corrected chi connectivity index (χ2v) is 3.85. The molecule has 0 amide bonds. The van der Waals surface area contributed by atoms with Crippen molar-refractivity contribution in [2.24, 2.45) is 0 Å². The summed E-state index contributed by atoms with van der Waals surface area (Å²) in [6.07, 6.45) is 2.06. The first kappa shape index (κ1) is 14.2. The molecule has 2 N–H and O–H groups in total. The van der Waals surface area contributed by atoms with Gasteiger partial charge in [-0.1, -0.05) is 0 Å². The van der Waals surface area contributed by atoms with E-state index in [9.17, 15) is 4.79 Å². The van der Waals surface area contributed by atoms with Crippen molar-refractivity contribution in [2.45, 2.75) is 26.1 Å². The highest BCUT2D eigenvalue weighted by atomic mass is 16.5. The molecular weight excluding hydrogens is 238 g/mol. The first-order valence-electron chi connectivity index (χ1n) is 5.51. The lowest BCUT2D eigenvalue weighted by Gasteiger charge is -2.13. The first-order valence-corrected chi connectivity index (χ1v) is 5.51. The van der Waals surface area contributed by atoms with Gasteiger partial charge in [0.25, 0.3) is 0 Å². The fourth-order valence-corrected chi connectivity index (χ4v) is 1.20. The average Bonchev–Trinajstić information content (AvgIpc) is 2.29. The normalized spacial score (nSPS) is 12.2. The number of rotatable bonds is 7. The topological polar surface area (TPSA) is 93.6 Å². The molecule has 0 spiro atoms. The minimum atomic E-state index is -1.03. The molecule has 0 aliphatic rings. The standard InChI is InChI=1S/C11H17N3O4/c1-7(2)18-10-6-12-5-9(14-10)13-4-8(17-3)11(15)16/h5-8H,4H2,1-3H3,(H,13,14)(H,15,16). The Kier molecular flexibility index (Phi) is 5.31. The third kappa shape index (κ3) is 4.54. The molecule has 7 heteroatoms. The molecule has 1 atom stereocenters. The monoisotopic (exact) mass is 255 g/mol. The van der Waals surface area contributed by atoms with Crippen molar-refractivity contribution in [3.8, 4) is 5.88 Å². The molecule has 100 valence electrons. The van der Waals surface area contributed by atoms with Crippen LogP contribution >= 0.6 is 0 Å². The largest absolute Gasteiger partial charge is 0.479 e. The Morgan fingerprint density at radius 2 is 2.22 bits per heavy atom. The number of nitrogens with zero attached hydrogens (tertiary/aromatic N) is 2. The zero-order valence-electron chi connectivity index (χ0n) is 10.6. The number of hydrogen-bond donors (Lipinski definition) is 2. The zero-order chi connectivity index (χ0) is 13.5. The Morgan fingerprint density at radius 1 is 1.50 bits per heavy atom. The van der Waals surface area contributed by atoms with Gasteiger partial charge < -0.3 is 19.9 Å². The summed E-state index contributed by atoms with van der Waals surface area (Å²) in [7, 11) is 1.34. The Labute approximate surface area is 105 Å². The second kappa shape index (κ2) is 6.75. The molecule has 1 aromatic heterocycles. The van der Waals surface area contributed by atoms with Crippen LogP contribution < -0.4 is 10.1 Å². The van der Waals surface area contributed by atoms with Crippen molar-refractivity contribution in [2.75, 3.05) is 19.0 Å². The van der Waals surface area contributed by atoms with Gasteiger partial charge in [-0.2, -0.15) is 4.98 Å². The minimum Gasteiger partial charge on any atom is -0.479 e. The number of anilines is 1. The molecular formula is C11H17N3O4. The number of aliphatic carboxylic acids is 1. The van der Waals surface area contributed by atoms with Gasteiger partial charge in [-0.3, -0.25) is 4.98 Å². The Morgan fingerprint density at radius 3 is 2.78 bits per heavy atom. The number of methoxy groups -OCH3 is 1. The van der Waals surface area contributed by atoms with Gasteiger partial charge in [-0.25, -0.2) is 4.79 Å². The second-order valence-electron chi connectivity index (χ2n) is 3.85. The summed E-state index contributed by atoms with van der Waals surface area (Å²) < 4.78 is 10.2. The molecule has 0 aliphatic carbocycles. The van der Waals surface area contributed by atoms with Crippen LogP contribution in [0, 0.1) is 0 Å². The summed E-state index contributed by atoms with van der Waals surface area (Å²) in [5.41, 5.74) is 0. The van der Waals surface area contributed by atoms with Crippen molar-refractivity contribution >= 4 is 11.8 Å². The van der Waals surface area contributed by atoms with Gasteiger partial charge in [0.1, 0.15) is 5.82 Å². The smallest absolute Gasteiger partial charge is 0.334 e. The van der Waals surface area contributed by atoms with Crippen molar-refractivity contribution in [1.82, 2.24) is 9.97 Å². The van der Waals surface area contributed by atoms with Gasteiger partial charge in [0.2, 0.25) is 5.88 Å². The van der Waals surface area contributed by atoms with Gasteiger partial charge in [0.15, 0.2) is 6.10 Å². The van der Waals surface area contributed by atoms with Crippen LogP contribution in [0.2, 0.25) is 0 Å². The maximum Gasteiger partial charge on any atom is 0.334 e. The van der Waals surface area contributed by atoms with E-state index in [0.29, 0.717) is 11.7 Å². The lowest BCUT2D eigenvalue weighted by Crippen LogP contribution is -2.30. The summed E-state index contributed by atoms with van der Waals surface area (Å²) >= 11 is 0. The third-order valence-electron chi connectivity index (χ3n) is 2.00. The number of hydrogen-bond acceptors (Lipinski definition) is 6. The summed E-state index contributed by atoms with van der Waals surface area (Å²) in [4.78, 5) is 18.8. The van der Waals surface area contributed by atoms with Gasteiger partial charge in [-0.15, -0.1) is 0 Å². The van der Waals surface area contributed by atoms with E-state index in [0.717, 1.165) is 0 Å². The molecule has 1 rings (SSSR count). The highest BCUT2D eigenvalue weighted by Gasteiger charge is 2.16. The van der Waals surface area contributed by atoms with E-state index in [4.69, 9.17) is 14.6 Å². The van der Waals surface area contributed by atoms with Crippen LogP contribution in [0.3, 0.4) is 0 Å². The van der Waals surface area contributed by atoms with Crippen molar-refractivity contribution in [1.29, 1.82) is 0 Å². The quantitative estimate of drug-likeness (QED) is 0.743. The molecule has 0 aliphatic heterocycles. The predicted octanol–water partition coefficient (Wildman–Crippen LogP) is 0.775. The first-order chi connectivity index (χ1) is 8.52. The molecule has 18 heavy (non-hydrogen) atoms. The van der Waals surface area contributed by atoms with E-state index in [1.54, 1.807) is 0 Å². The number of ether oxygens (including phenoxy) is 2. The summed E-state index contributed by atoms with van der Waals surface area (Å²) in [6.45, 7) is 3.87. The third-order valence-corrected chi connectivity index (χ3v) is 2.00. The Hall–Kier alpha value is -1.89. The van der Waals surface area contributed by atoms with Gasteiger partial charge in [0, 0.05) is 7.11 Å². The Balaban J connectivity index is 2.59. The number of carboxylic acid groups (broad SMARTS) is 1. The summed E-state index contributed by atoms with van der Waals surface area (Å²) in [5.74, 6) is -0.205. The fraction of sp³-hybridized carbons (Fsp3) is 0.545. The molecule has 0 saturated heterocycles. The molecule has 0 fully saturated rings. The van der Waals surface area contributed by atoms with Gasteiger partial charge >= 0.3 is 5.97 Å². The number of carboxylic acids is 1. The summed E-state index contributed by atoms with van der Waals surface area (Å²) in [6, 6.07) is 0. The van der Waals surface area contributed by atoms with Gasteiger partial charge in [-0.05, 0) is 13.8 Å². The van der Waals surface area contributed by atoms with Crippen LogP contribution in [0.4, 0.5) is 5.82 Å². The number of carbonyl (C=O) groups is 1. The molecule has 0 bridgehead atoms. The maximum atomic E-state index is 10.7. The molecule has 1 aromatic rings.